The summed E-state index contributed by atoms with van der Waals surface area (Å²) in [4.78, 5) is 2.14. The molecule has 0 saturated carbocycles. The summed E-state index contributed by atoms with van der Waals surface area (Å²) in [5, 5.41) is 18.8. The van der Waals surface area contributed by atoms with Crippen molar-refractivity contribution in [1.82, 2.24) is 0 Å². The van der Waals surface area contributed by atoms with Crippen molar-refractivity contribution in [2.24, 2.45) is 10.2 Å². The maximum Gasteiger partial charge on any atom is 0.261 e. The number of benzene rings is 3. The molecule has 0 aromatic heterocycles. The minimum atomic E-state index is -3.88. The van der Waals surface area contributed by atoms with E-state index in [1.807, 2.05) is 32.6 Å². The van der Waals surface area contributed by atoms with E-state index in [2.05, 4.69) is 15.0 Å². The summed E-state index contributed by atoms with van der Waals surface area (Å²) in [6, 6.07) is 14.8. The monoisotopic (exact) mass is 486 g/mol. The fourth-order valence-electron chi connectivity index (χ4n) is 3.26. The van der Waals surface area contributed by atoms with Gasteiger partial charge >= 0.3 is 0 Å². The second kappa shape index (κ2) is 10.2. The van der Waals surface area contributed by atoms with E-state index in [-0.39, 0.29) is 27.7 Å². The molecule has 2 N–H and O–H groups in total. The van der Waals surface area contributed by atoms with Gasteiger partial charge in [0.25, 0.3) is 10.0 Å². The van der Waals surface area contributed by atoms with Crippen molar-refractivity contribution in [1.29, 1.82) is 0 Å². The molecule has 0 saturated heterocycles. The number of rotatable bonds is 8. The van der Waals surface area contributed by atoms with Gasteiger partial charge in [-0.1, -0.05) is 35.4 Å². The van der Waals surface area contributed by atoms with Crippen LogP contribution in [0.5, 0.6) is 5.75 Å². The first-order valence-electron chi connectivity index (χ1n) is 10.5. The Bertz CT molecular complexity index is 1270. The van der Waals surface area contributed by atoms with Crippen LogP contribution in [0.15, 0.2) is 69.7 Å². The molecule has 0 aliphatic carbocycles. The molecule has 0 amide bonds. The molecule has 3 aromatic carbocycles. The summed E-state index contributed by atoms with van der Waals surface area (Å²) >= 11 is 6.53. The summed E-state index contributed by atoms with van der Waals surface area (Å²) in [7, 11) is -3.88. The number of halogens is 1. The number of aryl methyl sites for hydroxylation is 2. The van der Waals surface area contributed by atoms with Gasteiger partial charge in [-0.05, 0) is 69.7 Å². The fraction of sp³-hybridized carbons (Fsp3) is 0.250. The molecule has 0 atom stereocenters. The first-order valence-corrected chi connectivity index (χ1v) is 12.4. The van der Waals surface area contributed by atoms with Crippen LogP contribution >= 0.6 is 11.6 Å². The molecule has 3 rings (SSSR count). The minimum absolute atomic E-state index is 0.0306. The third-order valence-electron chi connectivity index (χ3n) is 5.14. The number of nitrogens with zero attached hydrogens (tertiary/aromatic N) is 3. The van der Waals surface area contributed by atoms with E-state index in [4.69, 9.17) is 11.6 Å². The van der Waals surface area contributed by atoms with Gasteiger partial charge in [-0.15, -0.1) is 10.2 Å². The Kier molecular flexibility index (Phi) is 7.61. The second-order valence-corrected chi connectivity index (χ2v) is 9.69. The summed E-state index contributed by atoms with van der Waals surface area (Å²) in [5.41, 5.74) is 3.27. The van der Waals surface area contributed by atoms with Crippen LogP contribution in [0.25, 0.3) is 0 Å². The molecule has 0 aliphatic rings. The molecule has 0 aliphatic heterocycles. The Labute approximate surface area is 199 Å². The first-order chi connectivity index (χ1) is 15.6. The molecule has 9 heteroatoms. The Balaban J connectivity index is 2.10. The third kappa shape index (κ3) is 5.83. The Morgan fingerprint density at radius 2 is 1.52 bits per heavy atom. The highest BCUT2D eigenvalue weighted by Crippen LogP contribution is 2.39. The number of hydrogen-bond acceptors (Lipinski definition) is 6. The molecule has 0 fully saturated rings. The van der Waals surface area contributed by atoms with Gasteiger partial charge in [-0.25, -0.2) is 8.42 Å². The number of azo groups is 1. The maximum absolute atomic E-state index is 13.1. The Hall–Kier alpha value is -3.10. The van der Waals surface area contributed by atoms with Crippen LogP contribution in [0.2, 0.25) is 5.02 Å². The zero-order chi connectivity index (χ0) is 24.2. The lowest BCUT2D eigenvalue weighted by Crippen LogP contribution is -2.22. The number of nitrogens with one attached hydrogen (secondary N) is 1. The summed E-state index contributed by atoms with van der Waals surface area (Å²) < 4.78 is 28.8. The van der Waals surface area contributed by atoms with Gasteiger partial charge < -0.3 is 10.0 Å². The van der Waals surface area contributed by atoms with Gasteiger partial charge in [-0.3, -0.25) is 4.72 Å². The van der Waals surface area contributed by atoms with Crippen molar-refractivity contribution in [2.75, 3.05) is 22.7 Å². The van der Waals surface area contributed by atoms with E-state index in [1.165, 1.54) is 6.07 Å². The molecule has 0 bridgehead atoms. The average Bonchev–Trinajstić information content (AvgIpc) is 2.77. The van der Waals surface area contributed by atoms with Crippen LogP contribution in [-0.4, -0.2) is 26.6 Å². The molecule has 0 radical (unpaired) electrons. The zero-order valence-electron chi connectivity index (χ0n) is 19.0. The predicted molar refractivity (Wildman–Crippen MR) is 134 cm³/mol. The van der Waals surface area contributed by atoms with Crippen molar-refractivity contribution < 1.29 is 13.5 Å². The molecule has 3 aromatic rings. The van der Waals surface area contributed by atoms with Crippen molar-refractivity contribution in [3.63, 3.8) is 0 Å². The lowest BCUT2D eigenvalue weighted by Gasteiger charge is -2.23. The van der Waals surface area contributed by atoms with Crippen LogP contribution in [-0.2, 0) is 10.0 Å². The summed E-state index contributed by atoms with van der Waals surface area (Å²) in [6.45, 7) is 9.12. The number of sulfonamides is 1. The normalized spacial score (nSPS) is 11.7. The van der Waals surface area contributed by atoms with E-state index in [1.54, 1.807) is 48.5 Å². The highest BCUT2D eigenvalue weighted by Gasteiger charge is 2.19. The topological polar surface area (TPSA) is 94.4 Å². The van der Waals surface area contributed by atoms with E-state index in [0.717, 1.165) is 11.1 Å². The molecular weight excluding hydrogens is 460 g/mol. The molecule has 33 heavy (non-hydrogen) atoms. The Morgan fingerprint density at radius 3 is 2.15 bits per heavy atom. The highest BCUT2D eigenvalue weighted by molar-refractivity contribution is 7.92. The smallest absolute Gasteiger partial charge is 0.261 e. The molecule has 0 heterocycles. The maximum atomic E-state index is 13.1. The second-order valence-electron chi connectivity index (χ2n) is 7.60. The minimum Gasteiger partial charge on any atom is -0.506 e. The van der Waals surface area contributed by atoms with E-state index >= 15 is 0 Å². The van der Waals surface area contributed by atoms with Gasteiger partial charge in [0.15, 0.2) is 0 Å². The number of anilines is 2. The molecule has 7 nitrogen and oxygen atoms in total. The largest absolute Gasteiger partial charge is 0.506 e. The lowest BCUT2D eigenvalue weighted by atomic mass is 10.2. The van der Waals surface area contributed by atoms with Crippen LogP contribution in [0.3, 0.4) is 0 Å². The van der Waals surface area contributed by atoms with E-state index in [0.29, 0.717) is 23.8 Å². The van der Waals surface area contributed by atoms with Crippen LogP contribution in [0.4, 0.5) is 22.7 Å². The quantitative estimate of drug-likeness (QED) is 0.345. The summed E-state index contributed by atoms with van der Waals surface area (Å²) in [6.07, 6.45) is 0. The zero-order valence-corrected chi connectivity index (χ0v) is 20.6. The number of aromatic hydroxyl groups is 1. The molecule has 0 unspecified atom stereocenters. The van der Waals surface area contributed by atoms with Gasteiger partial charge in [0.2, 0.25) is 0 Å². The Morgan fingerprint density at radius 1 is 0.909 bits per heavy atom. The van der Waals surface area contributed by atoms with Crippen molar-refractivity contribution in [3.05, 3.63) is 70.7 Å². The number of phenolic OH excluding ortho intramolecular Hbond substituents is 1. The average molecular weight is 487 g/mol. The van der Waals surface area contributed by atoms with Crippen LogP contribution in [0, 0.1) is 13.8 Å². The van der Waals surface area contributed by atoms with Crippen LogP contribution < -0.4 is 9.62 Å². The number of phenols is 1. The summed E-state index contributed by atoms with van der Waals surface area (Å²) in [5.74, 6) is -0.0306. The fourth-order valence-corrected chi connectivity index (χ4v) is 4.61. The lowest BCUT2D eigenvalue weighted by molar-refractivity contribution is 0.476. The predicted octanol–water partition coefficient (Wildman–Crippen LogP) is 6.72. The third-order valence-corrected chi connectivity index (χ3v) is 6.83. The highest BCUT2D eigenvalue weighted by atomic mass is 35.5. The molecule has 174 valence electrons. The van der Waals surface area contributed by atoms with Gasteiger partial charge in [0, 0.05) is 13.1 Å². The van der Waals surface area contributed by atoms with Crippen molar-refractivity contribution >= 4 is 44.4 Å². The van der Waals surface area contributed by atoms with Crippen molar-refractivity contribution in [2.45, 2.75) is 32.6 Å². The number of hydrogen-bond donors (Lipinski definition) is 2. The SMILES string of the molecule is CCN(CC)c1cc(NS(=O)(=O)c2ccc(C)cc2)c(N=Nc2cc(C)ccc2O)cc1Cl. The van der Waals surface area contributed by atoms with E-state index < -0.39 is 10.0 Å². The first kappa shape index (κ1) is 24.5. The van der Waals surface area contributed by atoms with Gasteiger partial charge in [0.1, 0.15) is 17.1 Å². The van der Waals surface area contributed by atoms with Gasteiger partial charge in [0.05, 0.1) is 21.3 Å². The van der Waals surface area contributed by atoms with Crippen molar-refractivity contribution in [3.8, 4) is 5.75 Å². The molecule has 0 spiro atoms. The standard InChI is InChI=1S/C24H27ClN4O3S/c1-5-29(6-2)23-15-21(28-33(31,32)18-10-7-16(3)8-11-18)20(14-19(23)25)26-27-22-13-17(4)9-12-24(22)30/h7-15,28,30H,5-6H2,1-4H3. The van der Waals surface area contributed by atoms with E-state index in [9.17, 15) is 13.5 Å². The van der Waals surface area contributed by atoms with Gasteiger partial charge in [-0.2, -0.15) is 0 Å². The van der Waals surface area contributed by atoms with Crippen LogP contribution in [0.1, 0.15) is 25.0 Å². The molecular formula is C24H27ClN4O3S.